The van der Waals surface area contributed by atoms with Crippen molar-refractivity contribution in [2.45, 2.75) is 6.61 Å². The van der Waals surface area contributed by atoms with Gasteiger partial charge in [0.05, 0.1) is 21.6 Å². The lowest BCUT2D eigenvalue weighted by Gasteiger charge is -2.08. The number of carboxylic acid groups (broad SMARTS) is 1. The van der Waals surface area contributed by atoms with Crippen molar-refractivity contribution in [3.05, 3.63) is 68.7 Å². The molecule has 0 spiro atoms. The average molecular weight is 308 g/mol. The van der Waals surface area contributed by atoms with E-state index >= 15 is 0 Å². The topological polar surface area (TPSA) is 89.7 Å². The minimum atomic E-state index is -1.04. The zero-order valence-electron chi connectivity index (χ0n) is 10.7. The van der Waals surface area contributed by atoms with Gasteiger partial charge in [0.1, 0.15) is 12.4 Å². The van der Waals surface area contributed by atoms with Gasteiger partial charge in [-0.15, -0.1) is 0 Å². The zero-order valence-corrected chi connectivity index (χ0v) is 11.4. The van der Waals surface area contributed by atoms with Gasteiger partial charge in [-0.1, -0.05) is 23.7 Å². The van der Waals surface area contributed by atoms with Gasteiger partial charge in [-0.3, -0.25) is 10.1 Å². The molecule has 0 heterocycles. The second kappa shape index (κ2) is 6.23. The van der Waals surface area contributed by atoms with Crippen LogP contribution >= 0.6 is 11.6 Å². The predicted molar refractivity (Wildman–Crippen MR) is 75.8 cm³/mol. The molecule has 0 aromatic heterocycles. The summed E-state index contributed by atoms with van der Waals surface area (Å²) in [7, 11) is 0. The molecule has 1 N–H and O–H groups in total. The van der Waals surface area contributed by atoms with Crippen molar-refractivity contribution >= 4 is 23.3 Å². The van der Waals surface area contributed by atoms with Crippen LogP contribution in [-0.4, -0.2) is 16.0 Å². The summed E-state index contributed by atoms with van der Waals surface area (Å²) in [5, 5.41) is 19.8. The first kappa shape index (κ1) is 14.8. The van der Waals surface area contributed by atoms with E-state index in [0.29, 0.717) is 5.56 Å². The molecule has 0 saturated heterocycles. The third-order valence-corrected chi connectivity index (χ3v) is 3.01. The third-order valence-electron chi connectivity index (χ3n) is 2.69. The minimum absolute atomic E-state index is 0.0575. The highest BCUT2D eigenvalue weighted by atomic mass is 35.5. The summed E-state index contributed by atoms with van der Waals surface area (Å²) in [6.45, 7) is 0.0575. The summed E-state index contributed by atoms with van der Waals surface area (Å²) in [4.78, 5) is 21.0. The molecule has 21 heavy (non-hydrogen) atoms. The molecule has 0 aliphatic carbocycles. The summed E-state index contributed by atoms with van der Waals surface area (Å²) in [5.41, 5.74) is 0.632. The number of hydrogen-bond acceptors (Lipinski definition) is 4. The van der Waals surface area contributed by atoms with Crippen LogP contribution in [0.1, 0.15) is 15.9 Å². The van der Waals surface area contributed by atoms with E-state index < -0.39 is 10.9 Å². The number of nitro benzene ring substituents is 1. The minimum Gasteiger partial charge on any atom is -0.487 e. The molecule has 0 fully saturated rings. The van der Waals surface area contributed by atoms with Crippen LogP contribution in [0.15, 0.2) is 42.5 Å². The lowest BCUT2D eigenvalue weighted by Crippen LogP contribution is -2.01. The largest absolute Gasteiger partial charge is 0.487 e. The van der Waals surface area contributed by atoms with Gasteiger partial charge in [-0.05, 0) is 23.8 Å². The lowest BCUT2D eigenvalue weighted by molar-refractivity contribution is -0.384. The van der Waals surface area contributed by atoms with E-state index in [-0.39, 0.29) is 28.6 Å². The number of nitro groups is 1. The van der Waals surface area contributed by atoms with E-state index in [1.807, 2.05) is 0 Å². The number of non-ortho nitro benzene ring substituents is 1. The number of ether oxygens (including phenoxy) is 1. The summed E-state index contributed by atoms with van der Waals surface area (Å²) in [6, 6.07) is 10.1. The molecule has 0 aliphatic heterocycles. The number of halogens is 1. The maximum Gasteiger partial charge on any atom is 0.335 e. The smallest absolute Gasteiger partial charge is 0.335 e. The number of rotatable bonds is 5. The normalized spacial score (nSPS) is 10.1. The number of carboxylic acids is 1. The fourth-order valence-electron chi connectivity index (χ4n) is 1.67. The standard InChI is InChI=1S/C14H10ClNO5/c15-12-5-4-11(16(19)20)7-13(12)21-8-9-2-1-3-10(6-9)14(17)18/h1-7H,8H2,(H,17,18). The Morgan fingerprint density at radius 1 is 1.29 bits per heavy atom. The van der Waals surface area contributed by atoms with Gasteiger partial charge in [0, 0.05) is 6.07 Å². The second-order valence-corrected chi connectivity index (χ2v) is 4.57. The first-order valence-electron chi connectivity index (χ1n) is 5.86. The monoisotopic (exact) mass is 307 g/mol. The highest BCUT2D eigenvalue weighted by Crippen LogP contribution is 2.29. The highest BCUT2D eigenvalue weighted by molar-refractivity contribution is 6.32. The predicted octanol–water partition coefficient (Wildman–Crippen LogP) is 3.53. The third kappa shape index (κ3) is 3.70. The summed E-state index contributed by atoms with van der Waals surface area (Å²) < 4.78 is 5.42. The molecule has 0 bridgehead atoms. The molecular formula is C14H10ClNO5. The molecule has 0 atom stereocenters. The highest BCUT2D eigenvalue weighted by Gasteiger charge is 2.11. The Hall–Kier alpha value is -2.60. The molecule has 2 aromatic rings. The van der Waals surface area contributed by atoms with Crippen molar-refractivity contribution in [2.24, 2.45) is 0 Å². The molecular weight excluding hydrogens is 298 g/mol. The molecule has 7 heteroatoms. The Morgan fingerprint density at radius 2 is 2.05 bits per heavy atom. The number of carbonyl (C=O) groups is 1. The van der Waals surface area contributed by atoms with Crippen LogP contribution in [0.5, 0.6) is 5.75 Å². The van der Waals surface area contributed by atoms with Crippen molar-refractivity contribution in [3.8, 4) is 5.75 Å². The van der Waals surface area contributed by atoms with E-state index in [1.165, 1.54) is 30.3 Å². The van der Waals surface area contributed by atoms with E-state index in [4.69, 9.17) is 21.4 Å². The molecule has 2 rings (SSSR count). The maximum atomic E-state index is 10.9. The number of benzene rings is 2. The van der Waals surface area contributed by atoms with Gasteiger partial charge in [-0.25, -0.2) is 4.79 Å². The number of aromatic carboxylic acids is 1. The molecule has 0 amide bonds. The van der Waals surface area contributed by atoms with Gasteiger partial charge < -0.3 is 9.84 Å². The zero-order chi connectivity index (χ0) is 15.4. The van der Waals surface area contributed by atoms with Crippen LogP contribution in [0.2, 0.25) is 5.02 Å². The SMILES string of the molecule is O=C(O)c1cccc(COc2cc([N+](=O)[O-])ccc2Cl)c1. The lowest BCUT2D eigenvalue weighted by atomic mass is 10.1. The van der Waals surface area contributed by atoms with E-state index in [2.05, 4.69) is 0 Å². The maximum absolute atomic E-state index is 10.9. The quantitative estimate of drug-likeness (QED) is 0.674. The van der Waals surface area contributed by atoms with Crippen molar-refractivity contribution in [1.82, 2.24) is 0 Å². The number of hydrogen-bond donors (Lipinski definition) is 1. The molecule has 108 valence electrons. The molecule has 2 aromatic carbocycles. The summed E-state index contributed by atoms with van der Waals surface area (Å²) in [6.07, 6.45) is 0. The molecule has 0 radical (unpaired) electrons. The molecule has 6 nitrogen and oxygen atoms in total. The van der Waals surface area contributed by atoms with Crippen LogP contribution in [0.4, 0.5) is 5.69 Å². The van der Waals surface area contributed by atoms with Crippen LogP contribution in [0, 0.1) is 10.1 Å². The van der Waals surface area contributed by atoms with E-state index in [9.17, 15) is 14.9 Å². The van der Waals surface area contributed by atoms with Crippen LogP contribution in [-0.2, 0) is 6.61 Å². The van der Waals surface area contributed by atoms with Crippen molar-refractivity contribution in [1.29, 1.82) is 0 Å². The Labute approximate surface area is 124 Å². The summed E-state index contributed by atoms with van der Waals surface area (Å²) >= 11 is 5.91. The van der Waals surface area contributed by atoms with Gasteiger partial charge >= 0.3 is 5.97 Å². The Balaban J connectivity index is 2.16. The van der Waals surface area contributed by atoms with E-state index in [1.54, 1.807) is 12.1 Å². The van der Waals surface area contributed by atoms with Crippen LogP contribution in [0.25, 0.3) is 0 Å². The number of nitrogens with zero attached hydrogens (tertiary/aromatic N) is 1. The fraction of sp³-hybridized carbons (Fsp3) is 0.0714. The molecule has 0 unspecified atom stereocenters. The van der Waals surface area contributed by atoms with Gasteiger partial charge in [0.25, 0.3) is 5.69 Å². The molecule has 0 aliphatic rings. The van der Waals surface area contributed by atoms with Crippen molar-refractivity contribution < 1.29 is 19.6 Å². The van der Waals surface area contributed by atoms with Crippen LogP contribution < -0.4 is 4.74 Å². The van der Waals surface area contributed by atoms with Gasteiger partial charge in [0.2, 0.25) is 0 Å². The average Bonchev–Trinajstić information content (AvgIpc) is 2.46. The van der Waals surface area contributed by atoms with Gasteiger partial charge in [-0.2, -0.15) is 0 Å². The fourth-order valence-corrected chi connectivity index (χ4v) is 1.84. The van der Waals surface area contributed by atoms with Crippen LogP contribution in [0.3, 0.4) is 0 Å². The molecule has 0 saturated carbocycles. The first-order valence-corrected chi connectivity index (χ1v) is 6.24. The van der Waals surface area contributed by atoms with Gasteiger partial charge in [0.15, 0.2) is 0 Å². The van der Waals surface area contributed by atoms with Crippen molar-refractivity contribution in [2.75, 3.05) is 0 Å². The second-order valence-electron chi connectivity index (χ2n) is 4.17. The first-order chi connectivity index (χ1) is 9.97. The van der Waals surface area contributed by atoms with Crippen molar-refractivity contribution in [3.63, 3.8) is 0 Å². The Bertz CT molecular complexity index is 702. The van der Waals surface area contributed by atoms with E-state index in [0.717, 1.165) is 0 Å². The Kier molecular flexibility index (Phi) is 4.39. The summed E-state index contributed by atoms with van der Waals surface area (Å²) in [5.74, 6) is -0.864. The Morgan fingerprint density at radius 3 is 2.71 bits per heavy atom.